The van der Waals surface area contributed by atoms with Gasteiger partial charge in [0.1, 0.15) is 16.5 Å². The van der Waals surface area contributed by atoms with Crippen LogP contribution in [0.3, 0.4) is 0 Å². The van der Waals surface area contributed by atoms with Crippen LogP contribution in [-0.4, -0.2) is 26.0 Å². The molecule has 1 N–H and O–H groups in total. The van der Waals surface area contributed by atoms with Crippen LogP contribution in [0.25, 0.3) is 0 Å². The van der Waals surface area contributed by atoms with E-state index in [-0.39, 0.29) is 11.3 Å². The summed E-state index contributed by atoms with van der Waals surface area (Å²) in [6.07, 6.45) is 1.73. The number of nitrogens with zero attached hydrogens (tertiary/aromatic N) is 2. The maximum Gasteiger partial charge on any atom is 0.279 e. The lowest BCUT2D eigenvalue weighted by molar-refractivity contribution is 0.0997. The fourth-order valence-corrected chi connectivity index (χ4v) is 4.19. The molecule has 10 heteroatoms. The fourth-order valence-electron chi connectivity index (χ4n) is 2.30. The van der Waals surface area contributed by atoms with Crippen molar-refractivity contribution >= 4 is 33.0 Å². The van der Waals surface area contributed by atoms with Crippen molar-refractivity contribution in [1.82, 2.24) is 4.57 Å². The largest absolute Gasteiger partial charge is 0.497 e. The van der Waals surface area contributed by atoms with Gasteiger partial charge in [-0.05, 0) is 42.5 Å². The first-order valence-electron chi connectivity index (χ1n) is 7.96. The number of carbonyl (C=O) groups is 1. The zero-order valence-electron chi connectivity index (χ0n) is 14.9. The molecule has 146 valence electrons. The Bertz CT molecular complexity index is 1180. The lowest BCUT2D eigenvalue weighted by Gasteiger charge is -2.10. The van der Waals surface area contributed by atoms with Crippen molar-refractivity contribution in [3.8, 4) is 5.75 Å². The van der Waals surface area contributed by atoms with Crippen LogP contribution in [0, 0.1) is 5.82 Å². The van der Waals surface area contributed by atoms with Crippen molar-refractivity contribution in [3.63, 3.8) is 0 Å². The van der Waals surface area contributed by atoms with Crippen LogP contribution in [0.15, 0.2) is 63.9 Å². The topological polar surface area (TPSA) is 89.8 Å². The molecule has 0 radical (unpaired) electrons. The van der Waals surface area contributed by atoms with Gasteiger partial charge in [-0.2, -0.15) is 4.99 Å². The van der Waals surface area contributed by atoms with Crippen molar-refractivity contribution in [1.29, 1.82) is 0 Å². The van der Waals surface area contributed by atoms with E-state index >= 15 is 0 Å². The lowest BCUT2D eigenvalue weighted by Crippen LogP contribution is -2.16. The van der Waals surface area contributed by atoms with Gasteiger partial charge >= 0.3 is 0 Å². The summed E-state index contributed by atoms with van der Waals surface area (Å²) in [4.78, 5) is 16.1. The van der Waals surface area contributed by atoms with Crippen LogP contribution < -0.4 is 14.3 Å². The molecule has 1 heterocycles. The van der Waals surface area contributed by atoms with Gasteiger partial charge in [-0.3, -0.25) is 9.52 Å². The van der Waals surface area contributed by atoms with Gasteiger partial charge in [0.2, 0.25) is 0 Å². The average Bonchev–Trinajstić information content (AvgIpc) is 3.06. The first-order chi connectivity index (χ1) is 13.3. The van der Waals surface area contributed by atoms with Crippen LogP contribution in [0.1, 0.15) is 10.4 Å². The Morgan fingerprint density at radius 3 is 2.54 bits per heavy atom. The highest BCUT2D eigenvalue weighted by molar-refractivity contribution is 7.92. The lowest BCUT2D eigenvalue weighted by atomic mass is 10.2. The molecule has 1 aromatic heterocycles. The monoisotopic (exact) mass is 421 g/mol. The molecule has 0 unspecified atom stereocenters. The fraction of sp³-hybridized carbons (Fsp3) is 0.111. The summed E-state index contributed by atoms with van der Waals surface area (Å²) >= 11 is 1.25. The van der Waals surface area contributed by atoms with Gasteiger partial charge in [0.05, 0.1) is 7.11 Å². The second-order valence-electron chi connectivity index (χ2n) is 5.69. The van der Waals surface area contributed by atoms with Crippen molar-refractivity contribution < 1.29 is 22.3 Å². The van der Waals surface area contributed by atoms with Gasteiger partial charge in [-0.1, -0.05) is 0 Å². The third kappa shape index (κ3) is 4.29. The van der Waals surface area contributed by atoms with Crippen molar-refractivity contribution in [3.05, 3.63) is 70.2 Å². The number of thiazole rings is 1. The second-order valence-corrected chi connectivity index (χ2v) is 8.22. The van der Waals surface area contributed by atoms with Crippen molar-refractivity contribution in [2.75, 3.05) is 11.8 Å². The molecule has 0 saturated carbocycles. The summed E-state index contributed by atoms with van der Waals surface area (Å²) < 4.78 is 48.3. The highest BCUT2D eigenvalue weighted by Gasteiger charge is 2.21. The molecule has 1 amide bonds. The number of carbonyl (C=O) groups excluding carboxylic acids is 1. The molecule has 0 atom stereocenters. The Morgan fingerprint density at radius 1 is 1.21 bits per heavy atom. The molecule has 0 aliphatic carbocycles. The predicted octanol–water partition coefficient (Wildman–Crippen LogP) is 2.78. The Kier molecular flexibility index (Phi) is 5.61. The quantitative estimate of drug-likeness (QED) is 0.686. The normalized spacial score (nSPS) is 12.0. The Balaban J connectivity index is 1.93. The van der Waals surface area contributed by atoms with E-state index in [4.69, 9.17) is 4.74 Å². The zero-order valence-corrected chi connectivity index (χ0v) is 16.6. The number of benzene rings is 2. The molecular formula is C18H16FN3O4S2. The molecule has 0 aliphatic heterocycles. The van der Waals surface area contributed by atoms with E-state index in [0.29, 0.717) is 10.6 Å². The third-order valence-corrected chi connectivity index (χ3v) is 6.01. The molecule has 0 saturated heterocycles. The van der Waals surface area contributed by atoms with E-state index in [1.165, 1.54) is 36.6 Å². The molecule has 3 rings (SSSR count). The van der Waals surface area contributed by atoms with E-state index in [9.17, 15) is 17.6 Å². The zero-order chi connectivity index (χ0) is 20.3. The van der Waals surface area contributed by atoms with E-state index in [1.807, 2.05) is 0 Å². The van der Waals surface area contributed by atoms with E-state index in [1.54, 1.807) is 35.3 Å². The summed E-state index contributed by atoms with van der Waals surface area (Å²) in [7, 11) is -1.04. The minimum Gasteiger partial charge on any atom is -0.497 e. The molecule has 7 nitrogen and oxygen atoms in total. The number of methoxy groups -OCH3 is 1. The highest BCUT2D eigenvalue weighted by atomic mass is 32.2. The minimum absolute atomic E-state index is 0.0371. The number of anilines is 1. The number of nitrogens with one attached hydrogen (secondary N) is 1. The predicted molar refractivity (Wildman–Crippen MR) is 103 cm³/mol. The SMILES string of the molecule is COc1ccc(NS(=O)(=O)c2cc(C(=O)N=c3sccn3C)ccc2F)cc1. The Labute approximate surface area is 164 Å². The smallest absolute Gasteiger partial charge is 0.279 e. The van der Waals surface area contributed by atoms with Gasteiger partial charge in [-0.25, -0.2) is 12.8 Å². The summed E-state index contributed by atoms with van der Waals surface area (Å²) in [5, 5.41) is 1.76. The first-order valence-corrected chi connectivity index (χ1v) is 10.3. The average molecular weight is 421 g/mol. The number of ether oxygens (including phenoxy) is 1. The number of hydrogen-bond donors (Lipinski definition) is 1. The number of sulfonamides is 1. The van der Waals surface area contributed by atoms with Crippen LogP contribution in [0.4, 0.5) is 10.1 Å². The second kappa shape index (κ2) is 7.95. The molecule has 2 aromatic carbocycles. The molecule has 0 aliphatic rings. The number of hydrogen-bond acceptors (Lipinski definition) is 5. The maximum absolute atomic E-state index is 14.2. The number of aromatic nitrogens is 1. The summed E-state index contributed by atoms with van der Waals surface area (Å²) in [6.45, 7) is 0. The van der Waals surface area contributed by atoms with Gasteiger partial charge in [0, 0.05) is 29.9 Å². The minimum atomic E-state index is -4.25. The number of aryl methyl sites for hydroxylation is 1. The van der Waals surface area contributed by atoms with E-state index < -0.39 is 26.6 Å². The molecule has 0 spiro atoms. The highest BCUT2D eigenvalue weighted by Crippen LogP contribution is 2.22. The van der Waals surface area contributed by atoms with Crippen LogP contribution >= 0.6 is 11.3 Å². The molecule has 3 aromatic rings. The summed E-state index contributed by atoms with van der Waals surface area (Å²) in [5.74, 6) is -1.09. The first kappa shape index (κ1) is 19.8. The van der Waals surface area contributed by atoms with E-state index in [0.717, 1.165) is 12.1 Å². The molecule has 0 fully saturated rings. The summed E-state index contributed by atoms with van der Waals surface area (Å²) in [5.41, 5.74) is 0.192. The number of halogens is 1. The Morgan fingerprint density at radius 2 is 1.93 bits per heavy atom. The molecular weight excluding hydrogens is 405 g/mol. The number of amides is 1. The van der Waals surface area contributed by atoms with Crippen molar-refractivity contribution in [2.45, 2.75) is 4.90 Å². The van der Waals surface area contributed by atoms with Crippen LogP contribution in [0.2, 0.25) is 0 Å². The van der Waals surface area contributed by atoms with Gasteiger partial charge in [0.15, 0.2) is 4.80 Å². The molecule has 0 bridgehead atoms. The van der Waals surface area contributed by atoms with Gasteiger partial charge in [-0.15, -0.1) is 11.3 Å². The third-order valence-electron chi connectivity index (χ3n) is 3.77. The van der Waals surface area contributed by atoms with Gasteiger partial charge in [0.25, 0.3) is 15.9 Å². The van der Waals surface area contributed by atoms with Crippen LogP contribution in [0.5, 0.6) is 5.75 Å². The summed E-state index contributed by atoms with van der Waals surface area (Å²) in [6, 6.07) is 9.19. The standard InChI is InChI=1S/C18H16FN3O4S2/c1-22-9-10-27-18(22)20-17(23)12-3-8-15(19)16(11-12)28(24,25)21-13-4-6-14(26-2)7-5-13/h3-11,21H,1-2H3. The maximum atomic E-state index is 14.2. The number of rotatable bonds is 5. The van der Waals surface area contributed by atoms with Gasteiger partial charge < -0.3 is 9.30 Å². The van der Waals surface area contributed by atoms with E-state index in [2.05, 4.69) is 9.71 Å². The Hall–Kier alpha value is -2.98. The molecule has 28 heavy (non-hydrogen) atoms. The van der Waals surface area contributed by atoms with Crippen molar-refractivity contribution in [2.24, 2.45) is 12.0 Å². The van der Waals surface area contributed by atoms with Crippen LogP contribution in [-0.2, 0) is 17.1 Å².